The Morgan fingerprint density at radius 3 is 2.96 bits per heavy atom. The minimum atomic E-state index is -0.577. The first-order valence-electron chi connectivity index (χ1n) is 9.76. The standard InChI is InChI=1S/C21H27N3O3S/c1-14(2)10-11-22-21-24-18(13-28-21)20(26)27-12-19(25)23-17-9-5-7-15-6-3-4-8-16(15)17/h3-4,6,8,13-14,17H,5,7,9-12H2,1-2H3,(H,22,24)(H,23,25)/t17-/m1/s1. The molecule has 1 heterocycles. The van der Waals surface area contributed by atoms with Gasteiger partial charge < -0.3 is 15.4 Å². The highest BCUT2D eigenvalue weighted by Gasteiger charge is 2.22. The first kappa shape index (κ1) is 20.3. The van der Waals surface area contributed by atoms with Crippen molar-refractivity contribution in [2.45, 2.75) is 45.6 Å². The van der Waals surface area contributed by atoms with E-state index in [0.717, 1.165) is 37.8 Å². The van der Waals surface area contributed by atoms with E-state index in [4.69, 9.17) is 4.74 Å². The smallest absolute Gasteiger partial charge is 0.358 e. The number of amides is 1. The highest BCUT2D eigenvalue weighted by Crippen LogP contribution is 2.29. The molecule has 1 aliphatic rings. The summed E-state index contributed by atoms with van der Waals surface area (Å²) in [5.74, 6) is -0.264. The van der Waals surface area contributed by atoms with Crippen molar-refractivity contribution in [2.24, 2.45) is 5.92 Å². The summed E-state index contributed by atoms with van der Waals surface area (Å²) in [5, 5.41) is 8.52. The van der Waals surface area contributed by atoms with Gasteiger partial charge in [-0.15, -0.1) is 11.3 Å². The average molecular weight is 402 g/mol. The summed E-state index contributed by atoms with van der Waals surface area (Å²) in [7, 11) is 0. The van der Waals surface area contributed by atoms with Gasteiger partial charge in [0.2, 0.25) is 0 Å². The fraction of sp³-hybridized carbons (Fsp3) is 0.476. The van der Waals surface area contributed by atoms with E-state index in [1.54, 1.807) is 5.38 Å². The second-order valence-electron chi connectivity index (χ2n) is 7.43. The number of carbonyl (C=O) groups excluding carboxylic acids is 2. The van der Waals surface area contributed by atoms with E-state index in [9.17, 15) is 9.59 Å². The maximum absolute atomic E-state index is 12.2. The molecule has 1 aromatic heterocycles. The molecule has 0 spiro atoms. The van der Waals surface area contributed by atoms with Crippen LogP contribution >= 0.6 is 11.3 Å². The highest BCUT2D eigenvalue weighted by atomic mass is 32.1. The van der Waals surface area contributed by atoms with Crippen LogP contribution in [0.4, 0.5) is 5.13 Å². The zero-order valence-corrected chi connectivity index (χ0v) is 17.2. The molecular weight excluding hydrogens is 374 g/mol. The van der Waals surface area contributed by atoms with E-state index in [-0.39, 0.29) is 24.2 Å². The van der Waals surface area contributed by atoms with Crippen LogP contribution in [0, 0.1) is 5.92 Å². The number of hydrogen-bond donors (Lipinski definition) is 2. The monoisotopic (exact) mass is 401 g/mol. The van der Waals surface area contributed by atoms with Crippen molar-refractivity contribution in [2.75, 3.05) is 18.5 Å². The molecule has 1 aromatic carbocycles. The molecule has 1 aliphatic carbocycles. The number of anilines is 1. The maximum Gasteiger partial charge on any atom is 0.358 e. The lowest BCUT2D eigenvalue weighted by Gasteiger charge is -2.26. The molecule has 1 atom stereocenters. The van der Waals surface area contributed by atoms with Crippen LogP contribution in [0.1, 0.15) is 60.8 Å². The van der Waals surface area contributed by atoms with E-state index < -0.39 is 5.97 Å². The molecule has 2 aromatic rings. The summed E-state index contributed by atoms with van der Waals surface area (Å²) < 4.78 is 5.14. The van der Waals surface area contributed by atoms with Gasteiger partial charge in [-0.1, -0.05) is 38.1 Å². The van der Waals surface area contributed by atoms with Crippen LogP contribution < -0.4 is 10.6 Å². The van der Waals surface area contributed by atoms with Crippen LogP contribution in [-0.2, 0) is 16.0 Å². The Morgan fingerprint density at radius 1 is 1.32 bits per heavy atom. The van der Waals surface area contributed by atoms with Crippen LogP contribution in [0.15, 0.2) is 29.6 Å². The molecule has 0 bridgehead atoms. The largest absolute Gasteiger partial charge is 0.451 e. The van der Waals surface area contributed by atoms with Crippen molar-refractivity contribution in [3.63, 3.8) is 0 Å². The topological polar surface area (TPSA) is 80.3 Å². The van der Waals surface area contributed by atoms with Gasteiger partial charge in [0.25, 0.3) is 5.91 Å². The molecule has 0 fully saturated rings. The minimum Gasteiger partial charge on any atom is -0.451 e. The molecule has 150 valence electrons. The van der Waals surface area contributed by atoms with Gasteiger partial charge >= 0.3 is 5.97 Å². The summed E-state index contributed by atoms with van der Waals surface area (Å²) >= 11 is 1.36. The third kappa shape index (κ3) is 5.55. The van der Waals surface area contributed by atoms with Crippen molar-refractivity contribution >= 4 is 28.3 Å². The third-order valence-electron chi connectivity index (χ3n) is 4.75. The van der Waals surface area contributed by atoms with Gasteiger partial charge in [0.15, 0.2) is 17.4 Å². The van der Waals surface area contributed by atoms with Crippen LogP contribution in [0.5, 0.6) is 0 Å². The van der Waals surface area contributed by atoms with Gasteiger partial charge in [-0.25, -0.2) is 9.78 Å². The lowest BCUT2D eigenvalue weighted by Crippen LogP contribution is -2.34. The maximum atomic E-state index is 12.2. The quantitative estimate of drug-likeness (QED) is 0.655. The number of rotatable bonds is 8. The van der Waals surface area contributed by atoms with Crippen LogP contribution in [0.25, 0.3) is 0 Å². The SMILES string of the molecule is CC(C)CCNc1nc(C(=O)OCC(=O)N[C@@H]2CCCc3ccccc32)cs1. The third-order valence-corrected chi connectivity index (χ3v) is 5.55. The van der Waals surface area contributed by atoms with Crippen molar-refractivity contribution in [3.05, 3.63) is 46.5 Å². The average Bonchev–Trinajstić information content (AvgIpc) is 3.15. The Kier molecular flexibility index (Phi) is 7.03. The minimum absolute atomic E-state index is 0.0211. The fourth-order valence-electron chi connectivity index (χ4n) is 3.26. The van der Waals surface area contributed by atoms with E-state index in [1.807, 2.05) is 12.1 Å². The number of aryl methyl sites for hydroxylation is 1. The molecule has 6 nitrogen and oxygen atoms in total. The van der Waals surface area contributed by atoms with Gasteiger partial charge in [0.05, 0.1) is 6.04 Å². The molecule has 0 radical (unpaired) electrons. The van der Waals surface area contributed by atoms with E-state index >= 15 is 0 Å². The van der Waals surface area contributed by atoms with Crippen molar-refractivity contribution in [1.29, 1.82) is 0 Å². The van der Waals surface area contributed by atoms with Gasteiger partial charge in [-0.05, 0) is 42.7 Å². The number of hydrogen-bond acceptors (Lipinski definition) is 6. The number of nitrogens with one attached hydrogen (secondary N) is 2. The predicted octanol–water partition coefficient (Wildman–Crippen LogP) is 3.95. The second kappa shape index (κ2) is 9.68. The molecule has 1 amide bonds. The van der Waals surface area contributed by atoms with Gasteiger partial charge in [-0.2, -0.15) is 0 Å². The summed E-state index contributed by atoms with van der Waals surface area (Å²) in [4.78, 5) is 28.6. The zero-order chi connectivity index (χ0) is 19.9. The number of benzene rings is 1. The molecule has 0 saturated heterocycles. The zero-order valence-electron chi connectivity index (χ0n) is 16.4. The molecule has 0 aliphatic heterocycles. The summed E-state index contributed by atoms with van der Waals surface area (Å²) in [5.41, 5.74) is 2.66. The summed E-state index contributed by atoms with van der Waals surface area (Å²) in [6, 6.07) is 8.13. The van der Waals surface area contributed by atoms with E-state index in [2.05, 4.69) is 41.6 Å². The van der Waals surface area contributed by atoms with Gasteiger partial charge in [0.1, 0.15) is 0 Å². The Labute approximate surface area is 169 Å². The number of fused-ring (bicyclic) bond motifs is 1. The second-order valence-corrected chi connectivity index (χ2v) is 8.29. The number of thiazole rings is 1. The lowest BCUT2D eigenvalue weighted by molar-refractivity contribution is -0.125. The number of ether oxygens (including phenoxy) is 1. The molecule has 7 heteroatoms. The molecule has 2 N–H and O–H groups in total. The van der Waals surface area contributed by atoms with Crippen LogP contribution in [0.2, 0.25) is 0 Å². The number of esters is 1. The van der Waals surface area contributed by atoms with Crippen molar-refractivity contribution in [3.8, 4) is 0 Å². The number of nitrogens with zero attached hydrogens (tertiary/aromatic N) is 1. The first-order valence-corrected chi connectivity index (χ1v) is 10.6. The molecule has 3 rings (SSSR count). The molecule has 0 saturated carbocycles. The molecule has 28 heavy (non-hydrogen) atoms. The summed E-state index contributed by atoms with van der Waals surface area (Å²) in [6.07, 6.45) is 4.00. The van der Waals surface area contributed by atoms with E-state index in [1.165, 1.54) is 16.9 Å². The van der Waals surface area contributed by atoms with Crippen molar-refractivity contribution in [1.82, 2.24) is 10.3 Å². The Balaban J connectivity index is 1.46. The van der Waals surface area contributed by atoms with Crippen LogP contribution in [0.3, 0.4) is 0 Å². The van der Waals surface area contributed by atoms with Gasteiger partial charge in [-0.3, -0.25) is 4.79 Å². The Bertz CT molecular complexity index is 819. The molecular formula is C21H27N3O3S. The summed E-state index contributed by atoms with van der Waals surface area (Å²) in [6.45, 7) is 4.82. The predicted molar refractivity (Wildman–Crippen MR) is 111 cm³/mol. The Morgan fingerprint density at radius 2 is 2.14 bits per heavy atom. The van der Waals surface area contributed by atoms with Crippen LogP contribution in [-0.4, -0.2) is 30.0 Å². The lowest BCUT2D eigenvalue weighted by atomic mass is 9.88. The first-order chi connectivity index (χ1) is 13.5. The van der Waals surface area contributed by atoms with E-state index in [0.29, 0.717) is 11.0 Å². The van der Waals surface area contributed by atoms with Crippen molar-refractivity contribution < 1.29 is 14.3 Å². The normalized spacial score (nSPS) is 15.8. The number of aromatic nitrogens is 1. The number of carbonyl (C=O) groups is 2. The Hall–Kier alpha value is -2.41. The fourth-order valence-corrected chi connectivity index (χ4v) is 3.97. The highest BCUT2D eigenvalue weighted by molar-refractivity contribution is 7.13. The molecule has 0 unspecified atom stereocenters. The van der Waals surface area contributed by atoms with Gasteiger partial charge in [0, 0.05) is 11.9 Å².